The number of ether oxygens (including phenoxy) is 1. The molecule has 0 saturated heterocycles. The number of hydrogen-bond donors (Lipinski definition) is 1. The number of anilines is 1. The lowest BCUT2D eigenvalue weighted by Gasteiger charge is -2.14. The molecular formula is C14H20N6O3. The van der Waals surface area contributed by atoms with E-state index in [1.54, 1.807) is 14.2 Å². The Morgan fingerprint density at radius 2 is 2.13 bits per heavy atom. The van der Waals surface area contributed by atoms with Crippen LogP contribution in [0.1, 0.15) is 29.0 Å². The summed E-state index contributed by atoms with van der Waals surface area (Å²) < 4.78 is 10.1. The molecular weight excluding hydrogens is 300 g/mol. The summed E-state index contributed by atoms with van der Waals surface area (Å²) in [7, 11) is 3.26. The lowest BCUT2D eigenvalue weighted by Crippen LogP contribution is -2.26. The highest BCUT2D eigenvalue weighted by Crippen LogP contribution is 2.07. The highest BCUT2D eigenvalue weighted by Gasteiger charge is 2.16. The van der Waals surface area contributed by atoms with E-state index in [-0.39, 0.29) is 12.5 Å². The van der Waals surface area contributed by atoms with E-state index in [1.165, 1.54) is 17.3 Å². The van der Waals surface area contributed by atoms with Crippen LogP contribution in [0, 0.1) is 0 Å². The summed E-state index contributed by atoms with van der Waals surface area (Å²) in [6, 6.07) is 0. The van der Waals surface area contributed by atoms with Gasteiger partial charge in [-0.15, -0.1) is 0 Å². The Labute approximate surface area is 134 Å². The van der Waals surface area contributed by atoms with E-state index in [4.69, 9.17) is 9.26 Å². The first-order valence-electron chi connectivity index (χ1n) is 7.25. The Bertz CT molecular complexity index is 628. The van der Waals surface area contributed by atoms with E-state index in [2.05, 4.69) is 25.4 Å². The molecule has 0 bridgehead atoms. The molecule has 0 unspecified atom stereocenters. The van der Waals surface area contributed by atoms with Gasteiger partial charge in [0.25, 0.3) is 5.91 Å². The minimum Gasteiger partial charge on any atom is -0.384 e. The summed E-state index contributed by atoms with van der Waals surface area (Å²) in [6.07, 6.45) is 3.54. The number of methoxy groups -OCH3 is 1. The van der Waals surface area contributed by atoms with Crippen LogP contribution in [0.2, 0.25) is 0 Å². The van der Waals surface area contributed by atoms with Crippen molar-refractivity contribution in [1.29, 1.82) is 0 Å². The monoisotopic (exact) mass is 320 g/mol. The SMILES string of the molecule is CCNc1ncc(C(=O)N(C)Cc2nc(CCOC)no2)cn1. The van der Waals surface area contributed by atoms with Crippen molar-refractivity contribution in [2.75, 3.05) is 32.6 Å². The third kappa shape index (κ3) is 4.71. The summed E-state index contributed by atoms with van der Waals surface area (Å²) >= 11 is 0. The average molecular weight is 320 g/mol. The van der Waals surface area contributed by atoms with E-state index in [9.17, 15) is 4.79 Å². The zero-order valence-electron chi connectivity index (χ0n) is 13.4. The smallest absolute Gasteiger partial charge is 0.257 e. The fraction of sp³-hybridized carbons (Fsp3) is 0.500. The van der Waals surface area contributed by atoms with Crippen molar-refractivity contribution in [1.82, 2.24) is 25.0 Å². The molecule has 0 fully saturated rings. The number of nitrogens with one attached hydrogen (secondary N) is 1. The van der Waals surface area contributed by atoms with Crippen molar-refractivity contribution in [3.8, 4) is 0 Å². The second kappa shape index (κ2) is 8.18. The first-order valence-corrected chi connectivity index (χ1v) is 7.25. The number of amides is 1. The quantitative estimate of drug-likeness (QED) is 0.759. The largest absolute Gasteiger partial charge is 0.384 e. The molecule has 0 radical (unpaired) electrons. The lowest BCUT2D eigenvalue weighted by molar-refractivity contribution is 0.0768. The minimum absolute atomic E-state index is 0.216. The normalized spacial score (nSPS) is 10.6. The fourth-order valence-electron chi connectivity index (χ4n) is 1.83. The Morgan fingerprint density at radius 3 is 2.78 bits per heavy atom. The van der Waals surface area contributed by atoms with E-state index in [0.717, 1.165) is 6.54 Å². The number of aromatic nitrogens is 4. The third-order valence-electron chi connectivity index (χ3n) is 2.99. The predicted octanol–water partition coefficient (Wildman–Crippen LogP) is 0.752. The number of carbonyl (C=O) groups is 1. The predicted molar refractivity (Wildman–Crippen MR) is 81.9 cm³/mol. The molecule has 0 aliphatic carbocycles. The number of carbonyl (C=O) groups excluding carboxylic acids is 1. The van der Waals surface area contributed by atoms with Gasteiger partial charge in [0, 0.05) is 39.5 Å². The topological polar surface area (TPSA) is 106 Å². The van der Waals surface area contributed by atoms with Gasteiger partial charge in [-0.1, -0.05) is 5.16 Å². The summed E-state index contributed by atoms with van der Waals surface area (Å²) in [5.74, 6) is 1.20. The summed E-state index contributed by atoms with van der Waals surface area (Å²) in [5.41, 5.74) is 0.397. The van der Waals surface area contributed by atoms with Crippen LogP contribution in [0.3, 0.4) is 0 Å². The first-order chi connectivity index (χ1) is 11.1. The summed E-state index contributed by atoms with van der Waals surface area (Å²) in [5, 5.41) is 6.81. The molecule has 2 rings (SSSR count). The number of rotatable bonds is 8. The van der Waals surface area contributed by atoms with Crippen molar-refractivity contribution in [3.63, 3.8) is 0 Å². The van der Waals surface area contributed by atoms with Crippen LogP contribution in [0.25, 0.3) is 0 Å². The average Bonchev–Trinajstić information content (AvgIpc) is 3.00. The molecule has 0 saturated carbocycles. The summed E-state index contributed by atoms with van der Waals surface area (Å²) in [4.78, 5) is 26.2. The molecule has 23 heavy (non-hydrogen) atoms. The molecule has 0 spiro atoms. The molecule has 124 valence electrons. The van der Waals surface area contributed by atoms with Gasteiger partial charge in [0.15, 0.2) is 5.82 Å². The summed E-state index contributed by atoms with van der Waals surface area (Å²) in [6.45, 7) is 3.40. The van der Waals surface area contributed by atoms with Gasteiger partial charge in [0.1, 0.15) is 0 Å². The van der Waals surface area contributed by atoms with E-state index >= 15 is 0 Å². The van der Waals surface area contributed by atoms with Gasteiger partial charge in [0.05, 0.1) is 18.7 Å². The lowest BCUT2D eigenvalue weighted by atomic mass is 10.3. The first kappa shape index (κ1) is 16.8. The van der Waals surface area contributed by atoms with Gasteiger partial charge in [-0.05, 0) is 6.92 Å². The fourth-order valence-corrected chi connectivity index (χ4v) is 1.83. The molecule has 0 aliphatic rings. The molecule has 9 heteroatoms. The Balaban J connectivity index is 1.95. The number of hydrogen-bond acceptors (Lipinski definition) is 8. The van der Waals surface area contributed by atoms with Gasteiger partial charge in [-0.25, -0.2) is 9.97 Å². The highest BCUT2D eigenvalue weighted by molar-refractivity contribution is 5.93. The molecule has 1 N–H and O–H groups in total. The van der Waals surface area contributed by atoms with E-state index in [0.29, 0.717) is 36.3 Å². The van der Waals surface area contributed by atoms with Crippen molar-refractivity contribution in [2.45, 2.75) is 19.9 Å². The van der Waals surface area contributed by atoms with Crippen molar-refractivity contribution < 1.29 is 14.1 Å². The number of nitrogens with zero attached hydrogens (tertiary/aromatic N) is 5. The van der Waals surface area contributed by atoms with Crippen molar-refractivity contribution in [2.24, 2.45) is 0 Å². The standard InChI is InChI=1S/C14H20N6O3/c1-4-15-14-16-7-10(8-17-14)13(21)20(2)9-12-18-11(19-23-12)5-6-22-3/h7-8H,4-6,9H2,1-3H3,(H,15,16,17). The van der Waals surface area contributed by atoms with Crippen LogP contribution < -0.4 is 5.32 Å². The Hall–Kier alpha value is -2.55. The van der Waals surface area contributed by atoms with Crippen molar-refractivity contribution in [3.05, 3.63) is 29.7 Å². The van der Waals surface area contributed by atoms with Crippen LogP contribution in [0.15, 0.2) is 16.9 Å². The Kier molecular flexibility index (Phi) is 5.98. The zero-order valence-corrected chi connectivity index (χ0v) is 13.4. The van der Waals surface area contributed by atoms with Crippen LogP contribution in [-0.4, -0.2) is 58.2 Å². The Morgan fingerprint density at radius 1 is 1.39 bits per heavy atom. The van der Waals surface area contributed by atoms with Crippen LogP contribution in [0.4, 0.5) is 5.95 Å². The second-order valence-electron chi connectivity index (χ2n) is 4.83. The van der Waals surface area contributed by atoms with Crippen LogP contribution in [0.5, 0.6) is 0 Å². The molecule has 0 atom stereocenters. The molecule has 9 nitrogen and oxygen atoms in total. The molecule has 2 heterocycles. The van der Waals surface area contributed by atoms with Gasteiger partial charge >= 0.3 is 0 Å². The van der Waals surface area contributed by atoms with Gasteiger partial charge in [0.2, 0.25) is 11.8 Å². The van der Waals surface area contributed by atoms with Gasteiger partial charge in [-0.2, -0.15) is 4.98 Å². The van der Waals surface area contributed by atoms with E-state index in [1.807, 2.05) is 6.92 Å². The minimum atomic E-state index is -0.218. The maximum atomic E-state index is 12.3. The third-order valence-corrected chi connectivity index (χ3v) is 2.99. The molecule has 2 aromatic heterocycles. The molecule has 2 aromatic rings. The van der Waals surface area contributed by atoms with Crippen LogP contribution in [-0.2, 0) is 17.7 Å². The van der Waals surface area contributed by atoms with Crippen molar-refractivity contribution >= 4 is 11.9 Å². The molecule has 1 amide bonds. The zero-order chi connectivity index (χ0) is 16.7. The maximum absolute atomic E-state index is 12.3. The van der Waals surface area contributed by atoms with Gasteiger partial charge < -0.3 is 19.5 Å². The highest BCUT2D eigenvalue weighted by atomic mass is 16.5. The maximum Gasteiger partial charge on any atom is 0.257 e. The molecule has 0 aliphatic heterocycles. The van der Waals surface area contributed by atoms with E-state index < -0.39 is 0 Å². The van der Waals surface area contributed by atoms with Crippen LogP contribution >= 0.6 is 0 Å². The molecule has 0 aromatic carbocycles. The van der Waals surface area contributed by atoms with Gasteiger partial charge in [-0.3, -0.25) is 4.79 Å². The second-order valence-corrected chi connectivity index (χ2v) is 4.83.